The lowest BCUT2D eigenvalue weighted by molar-refractivity contribution is 0.0949. The van der Waals surface area contributed by atoms with Gasteiger partial charge >= 0.3 is 0 Å². The third kappa shape index (κ3) is 4.58. The quantitative estimate of drug-likeness (QED) is 0.426. The molecule has 0 bridgehead atoms. The van der Waals surface area contributed by atoms with Crippen LogP contribution in [0.1, 0.15) is 32.6 Å². The van der Waals surface area contributed by atoms with Gasteiger partial charge in [-0.3, -0.25) is 9.69 Å². The lowest BCUT2D eigenvalue weighted by Gasteiger charge is -2.30. The van der Waals surface area contributed by atoms with Gasteiger partial charge in [0.05, 0.1) is 11.1 Å². The van der Waals surface area contributed by atoms with E-state index in [1.54, 1.807) is 6.08 Å². The van der Waals surface area contributed by atoms with Crippen molar-refractivity contribution >= 4 is 23.5 Å². The van der Waals surface area contributed by atoms with Gasteiger partial charge in [0.1, 0.15) is 18.2 Å². The first-order valence-electron chi connectivity index (χ1n) is 11.0. The molecule has 5 rings (SSSR count). The zero-order chi connectivity index (χ0) is 22.8. The SMILES string of the molecule is Cc1cc2c(c3c1C(=O)/C(=C/C=C/c1ccccc1)O3)CN(CCc1ccc(Cl)cc1)CO2. The Kier molecular flexibility index (Phi) is 6.03. The summed E-state index contributed by atoms with van der Waals surface area (Å²) in [4.78, 5) is 15.3. The van der Waals surface area contributed by atoms with Gasteiger partial charge in [0.2, 0.25) is 5.78 Å². The van der Waals surface area contributed by atoms with Gasteiger partial charge in [-0.05, 0) is 54.3 Å². The molecule has 0 aromatic heterocycles. The summed E-state index contributed by atoms with van der Waals surface area (Å²) in [7, 11) is 0. The first kappa shape index (κ1) is 21.5. The molecule has 3 aromatic rings. The van der Waals surface area contributed by atoms with Crippen LogP contribution in [-0.2, 0) is 13.0 Å². The average molecular weight is 458 g/mol. The molecule has 0 unspecified atom stereocenters. The molecular weight excluding hydrogens is 434 g/mol. The minimum Gasteiger partial charge on any atom is -0.478 e. The summed E-state index contributed by atoms with van der Waals surface area (Å²) in [6.45, 7) is 3.95. The van der Waals surface area contributed by atoms with Crippen molar-refractivity contribution in [2.45, 2.75) is 19.9 Å². The van der Waals surface area contributed by atoms with Crippen LogP contribution in [0.3, 0.4) is 0 Å². The predicted molar refractivity (Wildman–Crippen MR) is 131 cm³/mol. The van der Waals surface area contributed by atoms with Crippen LogP contribution in [0.25, 0.3) is 6.08 Å². The number of halogens is 1. The number of hydrogen-bond acceptors (Lipinski definition) is 4. The van der Waals surface area contributed by atoms with Crippen LogP contribution >= 0.6 is 11.6 Å². The van der Waals surface area contributed by atoms with Crippen molar-refractivity contribution in [2.75, 3.05) is 13.3 Å². The summed E-state index contributed by atoms with van der Waals surface area (Å²) >= 11 is 5.99. The standard InChI is InChI=1S/C28H24ClNO3/c1-19-16-25-23(17-30(18-32-25)15-14-21-10-12-22(29)13-11-21)28-26(19)27(31)24(33-28)9-5-8-20-6-3-2-4-7-20/h2-13,16H,14-15,17-18H2,1H3/b8-5+,24-9-. The monoisotopic (exact) mass is 457 g/mol. The summed E-state index contributed by atoms with van der Waals surface area (Å²) < 4.78 is 12.1. The Balaban J connectivity index is 1.34. The maximum atomic E-state index is 13.1. The molecule has 0 amide bonds. The minimum atomic E-state index is -0.0821. The molecule has 0 N–H and O–H groups in total. The van der Waals surface area contributed by atoms with Crippen LogP contribution in [-0.4, -0.2) is 24.0 Å². The first-order chi connectivity index (χ1) is 16.1. The normalized spacial score (nSPS) is 16.5. The van der Waals surface area contributed by atoms with E-state index in [-0.39, 0.29) is 5.78 Å². The highest BCUT2D eigenvalue weighted by molar-refractivity contribution is 6.30. The molecule has 0 spiro atoms. The molecule has 2 heterocycles. The van der Waals surface area contributed by atoms with Gasteiger partial charge < -0.3 is 9.47 Å². The van der Waals surface area contributed by atoms with Crippen LogP contribution in [0, 0.1) is 6.92 Å². The molecule has 0 radical (unpaired) electrons. The third-order valence-electron chi connectivity index (χ3n) is 5.95. The molecular formula is C28H24ClNO3. The lowest BCUT2D eigenvalue weighted by Crippen LogP contribution is -2.33. The Morgan fingerprint density at radius 3 is 2.67 bits per heavy atom. The number of fused-ring (bicyclic) bond motifs is 3. The third-order valence-corrected chi connectivity index (χ3v) is 6.21. The van der Waals surface area contributed by atoms with E-state index in [0.29, 0.717) is 30.3 Å². The summed E-state index contributed by atoms with van der Waals surface area (Å²) in [5.74, 6) is 1.68. The molecule has 0 atom stereocenters. The molecule has 5 heteroatoms. The van der Waals surface area contributed by atoms with Gasteiger partial charge in [0.15, 0.2) is 5.76 Å². The van der Waals surface area contributed by atoms with Gasteiger partial charge in [0.25, 0.3) is 0 Å². The van der Waals surface area contributed by atoms with Crippen molar-refractivity contribution in [3.8, 4) is 11.5 Å². The molecule has 0 saturated heterocycles. The fraction of sp³-hybridized carbons (Fsp3) is 0.179. The van der Waals surface area contributed by atoms with E-state index in [0.717, 1.165) is 40.4 Å². The molecule has 2 aliphatic rings. The van der Waals surface area contributed by atoms with Crippen molar-refractivity contribution in [3.63, 3.8) is 0 Å². The fourth-order valence-electron chi connectivity index (χ4n) is 4.18. The van der Waals surface area contributed by atoms with Crippen LogP contribution in [0.4, 0.5) is 0 Å². The Bertz CT molecular complexity index is 1250. The van der Waals surface area contributed by atoms with E-state index in [2.05, 4.69) is 4.90 Å². The summed E-state index contributed by atoms with van der Waals surface area (Å²) in [6.07, 6.45) is 6.43. The number of hydrogen-bond donors (Lipinski definition) is 0. The zero-order valence-corrected chi connectivity index (χ0v) is 19.1. The Hall–Kier alpha value is -3.34. The van der Waals surface area contributed by atoms with Crippen molar-refractivity contribution < 1.29 is 14.3 Å². The highest BCUT2D eigenvalue weighted by atomic mass is 35.5. The van der Waals surface area contributed by atoms with E-state index < -0.39 is 0 Å². The Labute approximate surface area is 198 Å². The number of carbonyl (C=O) groups is 1. The van der Waals surface area contributed by atoms with Crippen LogP contribution in [0.2, 0.25) is 5.02 Å². The number of rotatable bonds is 5. The number of ketones is 1. The smallest absolute Gasteiger partial charge is 0.232 e. The van der Waals surface area contributed by atoms with Crippen molar-refractivity contribution in [2.24, 2.45) is 0 Å². The average Bonchev–Trinajstić information content (AvgIpc) is 3.17. The molecule has 3 aromatic carbocycles. The van der Waals surface area contributed by atoms with E-state index in [4.69, 9.17) is 21.1 Å². The summed E-state index contributed by atoms with van der Waals surface area (Å²) in [5, 5.41) is 0.740. The Morgan fingerprint density at radius 2 is 1.88 bits per heavy atom. The van der Waals surface area contributed by atoms with Gasteiger partial charge in [-0.25, -0.2) is 0 Å². The minimum absolute atomic E-state index is 0.0821. The number of Topliss-reactive ketones (excluding diaryl/α,β-unsaturated/α-hetero) is 1. The maximum Gasteiger partial charge on any atom is 0.232 e. The van der Waals surface area contributed by atoms with Crippen molar-refractivity contribution in [1.82, 2.24) is 4.90 Å². The molecule has 2 aliphatic heterocycles. The van der Waals surface area contributed by atoms with Crippen molar-refractivity contribution in [1.29, 1.82) is 0 Å². The Morgan fingerprint density at radius 1 is 1.09 bits per heavy atom. The second kappa shape index (κ2) is 9.26. The summed E-state index contributed by atoms with van der Waals surface area (Å²) in [5.41, 5.74) is 4.73. The van der Waals surface area contributed by atoms with Gasteiger partial charge in [-0.2, -0.15) is 0 Å². The number of carbonyl (C=O) groups excluding carboxylic acids is 1. The second-order valence-electron chi connectivity index (χ2n) is 8.31. The molecule has 4 nitrogen and oxygen atoms in total. The first-order valence-corrected chi connectivity index (χ1v) is 11.4. The lowest BCUT2D eigenvalue weighted by atomic mass is 9.98. The molecule has 166 valence electrons. The highest BCUT2D eigenvalue weighted by Gasteiger charge is 2.35. The maximum absolute atomic E-state index is 13.1. The molecule has 0 aliphatic carbocycles. The second-order valence-corrected chi connectivity index (χ2v) is 8.75. The number of ether oxygens (including phenoxy) is 2. The topological polar surface area (TPSA) is 38.8 Å². The summed E-state index contributed by atoms with van der Waals surface area (Å²) in [6, 6.07) is 19.8. The number of benzene rings is 3. The number of allylic oxidation sites excluding steroid dienone is 3. The van der Waals surface area contributed by atoms with E-state index in [9.17, 15) is 4.79 Å². The van der Waals surface area contributed by atoms with Gasteiger partial charge in [-0.15, -0.1) is 0 Å². The number of aryl methyl sites for hydroxylation is 1. The van der Waals surface area contributed by atoms with Gasteiger partial charge in [0, 0.05) is 18.1 Å². The van der Waals surface area contributed by atoms with E-state index in [1.807, 2.05) is 79.7 Å². The predicted octanol–water partition coefficient (Wildman–Crippen LogP) is 6.22. The van der Waals surface area contributed by atoms with Crippen LogP contribution < -0.4 is 9.47 Å². The van der Waals surface area contributed by atoms with Crippen molar-refractivity contribution in [3.05, 3.63) is 111 Å². The molecule has 33 heavy (non-hydrogen) atoms. The van der Waals surface area contributed by atoms with Gasteiger partial charge in [-0.1, -0.05) is 66.2 Å². The van der Waals surface area contributed by atoms with E-state index >= 15 is 0 Å². The van der Waals surface area contributed by atoms with Crippen LogP contribution in [0.15, 0.2) is 78.6 Å². The number of nitrogens with zero attached hydrogens (tertiary/aromatic N) is 1. The largest absolute Gasteiger partial charge is 0.478 e. The fourth-order valence-corrected chi connectivity index (χ4v) is 4.31. The molecule has 0 saturated carbocycles. The molecule has 0 fully saturated rings. The zero-order valence-electron chi connectivity index (χ0n) is 18.4. The van der Waals surface area contributed by atoms with E-state index in [1.165, 1.54) is 5.56 Å². The highest BCUT2D eigenvalue weighted by Crippen LogP contribution is 2.43. The van der Waals surface area contributed by atoms with Crippen LogP contribution in [0.5, 0.6) is 11.5 Å².